The van der Waals surface area contributed by atoms with E-state index < -0.39 is 0 Å². The summed E-state index contributed by atoms with van der Waals surface area (Å²) in [5, 5.41) is 2.19. The van der Waals surface area contributed by atoms with Crippen LogP contribution >= 0.6 is 34.8 Å². The van der Waals surface area contributed by atoms with Crippen molar-refractivity contribution in [3.8, 4) is 0 Å². The molecule has 6 nitrogen and oxygen atoms in total. The lowest BCUT2D eigenvalue weighted by Crippen LogP contribution is -3.00. The standard InChI is InChI=1S/C45H42Cl3N6.3BrH/c1-49(40-10-4-37(46)5-11-40)43-16-22-52(23-17-43)31-34-28-35(32-53-24-18-44(19-25-53)50(2)41-12-6-38(47)7-13-41)30-36(29-34)33-54-26-20-45(21-27-54)51(3)42-14-8-39(48)9-15-42;;;/h4-30H,31-33H2,1-3H3;3*1H/q+3;;;/p-3. The van der Waals surface area contributed by atoms with E-state index in [1.54, 1.807) is 0 Å². The number of aromatic nitrogens is 3. The van der Waals surface area contributed by atoms with E-state index in [-0.39, 0.29) is 50.9 Å². The van der Waals surface area contributed by atoms with Gasteiger partial charge in [0.05, 0.1) is 17.1 Å². The molecule has 12 heteroatoms. The highest BCUT2D eigenvalue weighted by Crippen LogP contribution is 2.26. The zero-order chi connectivity index (χ0) is 37.6. The Bertz CT molecular complexity index is 2040. The first-order chi connectivity index (χ1) is 26.2. The predicted octanol–water partition coefficient (Wildman–Crippen LogP) is 0.970. The summed E-state index contributed by atoms with van der Waals surface area (Å²) in [5.41, 5.74) is 10.3. The Kier molecular flexibility index (Phi) is 17.0. The van der Waals surface area contributed by atoms with Gasteiger partial charge in [-0.3, -0.25) is 0 Å². The number of halogens is 6. The molecule has 0 aliphatic heterocycles. The highest BCUT2D eigenvalue weighted by molar-refractivity contribution is 6.31. The van der Waals surface area contributed by atoms with Gasteiger partial charge in [-0.25, -0.2) is 13.7 Å². The Morgan fingerprint density at radius 3 is 0.737 bits per heavy atom. The van der Waals surface area contributed by atoms with Gasteiger partial charge in [0.2, 0.25) is 0 Å². The van der Waals surface area contributed by atoms with E-state index in [1.165, 1.54) is 16.7 Å². The molecule has 0 spiro atoms. The van der Waals surface area contributed by atoms with E-state index in [9.17, 15) is 0 Å². The number of nitrogens with zero attached hydrogens (tertiary/aromatic N) is 6. The van der Waals surface area contributed by atoms with Crippen molar-refractivity contribution in [3.05, 3.63) is 196 Å². The van der Waals surface area contributed by atoms with E-state index >= 15 is 0 Å². The van der Waals surface area contributed by atoms with E-state index in [4.69, 9.17) is 34.8 Å². The SMILES string of the molecule is CN(c1ccc(Cl)cc1)c1cc[n+](Cc2cc(C[n+]3ccc(N(C)c4ccc(Cl)cc4)cc3)cc(C[n+]3ccc(N(C)c4ccc(Cl)cc4)cc3)c2)cc1.[Br-].[Br-].[Br-]. The number of benzene rings is 4. The Labute approximate surface area is 382 Å². The molecule has 294 valence electrons. The number of rotatable bonds is 12. The van der Waals surface area contributed by atoms with Crippen LogP contribution in [0.25, 0.3) is 0 Å². The van der Waals surface area contributed by atoms with Gasteiger partial charge in [0.1, 0.15) is 0 Å². The van der Waals surface area contributed by atoms with E-state index in [2.05, 4.69) is 141 Å². The molecule has 7 aromatic rings. The van der Waals surface area contributed by atoms with Crippen LogP contribution in [0.1, 0.15) is 16.7 Å². The predicted molar refractivity (Wildman–Crippen MR) is 222 cm³/mol. The van der Waals surface area contributed by atoms with Crippen LogP contribution in [0.2, 0.25) is 15.1 Å². The third-order valence-electron chi connectivity index (χ3n) is 9.63. The summed E-state index contributed by atoms with van der Waals surface area (Å²) in [6, 6.07) is 43.5. The molecule has 0 N–H and O–H groups in total. The quantitative estimate of drug-likeness (QED) is 0.171. The van der Waals surface area contributed by atoms with Gasteiger partial charge < -0.3 is 65.6 Å². The van der Waals surface area contributed by atoms with Crippen LogP contribution in [-0.4, -0.2) is 21.1 Å². The summed E-state index contributed by atoms with van der Waals surface area (Å²) in [7, 11) is 6.20. The van der Waals surface area contributed by atoms with Crippen molar-refractivity contribution in [2.75, 3.05) is 35.8 Å². The fraction of sp³-hybridized carbons (Fsp3) is 0.133. The summed E-state index contributed by atoms with van der Waals surface area (Å²) in [4.78, 5) is 6.47. The number of hydrogen-bond donors (Lipinski definition) is 0. The average molecular weight is 1010 g/mol. The molecule has 0 amide bonds. The Balaban J connectivity index is 0.00000240. The molecule has 0 atom stereocenters. The lowest BCUT2D eigenvalue weighted by atomic mass is 10.0. The summed E-state index contributed by atoms with van der Waals surface area (Å²) >= 11 is 18.4. The highest BCUT2D eigenvalue weighted by Gasteiger charge is 2.15. The molecule has 0 bridgehead atoms. The number of pyridine rings is 3. The normalized spacial score (nSPS) is 10.4. The van der Waals surface area contributed by atoms with E-state index in [0.717, 1.165) is 68.8 Å². The first-order valence-corrected chi connectivity index (χ1v) is 18.9. The zero-order valence-electron chi connectivity index (χ0n) is 31.7. The van der Waals surface area contributed by atoms with Crippen molar-refractivity contribution >= 4 is 68.9 Å². The molecule has 0 aliphatic carbocycles. The largest absolute Gasteiger partial charge is 1.00 e. The molecular weight excluding hydrogens is 971 g/mol. The van der Waals surface area contributed by atoms with Gasteiger partial charge in [-0.2, -0.15) is 0 Å². The molecule has 4 aromatic carbocycles. The van der Waals surface area contributed by atoms with Crippen molar-refractivity contribution in [2.24, 2.45) is 0 Å². The van der Waals surface area contributed by atoms with Crippen LogP contribution in [-0.2, 0) is 19.6 Å². The van der Waals surface area contributed by atoms with Crippen LogP contribution in [0.4, 0.5) is 34.1 Å². The fourth-order valence-electron chi connectivity index (χ4n) is 6.52. The van der Waals surface area contributed by atoms with Gasteiger partial charge in [0, 0.05) is 106 Å². The second-order valence-electron chi connectivity index (χ2n) is 13.5. The summed E-state index contributed by atoms with van der Waals surface area (Å²) in [5.74, 6) is 0. The van der Waals surface area contributed by atoms with Crippen molar-refractivity contribution in [3.63, 3.8) is 0 Å². The maximum atomic E-state index is 6.12. The molecule has 0 fully saturated rings. The molecule has 57 heavy (non-hydrogen) atoms. The van der Waals surface area contributed by atoms with E-state index in [0.29, 0.717) is 0 Å². The van der Waals surface area contributed by atoms with Crippen molar-refractivity contribution < 1.29 is 64.6 Å². The van der Waals surface area contributed by atoms with Gasteiger partial charge in [0.25, 0.3) is 0 Å². The van der Waals surface area contributed by atoms with Gasteiger partial charge >= 0.3 is 0 Å². The highest BCUT2D eigenvalue weighted by atomic mass is 79.9. The maximum Gasteiger partial charge on any atom is 0.173 e. The van der Waals surface area contributed by atoms with Crippen LogP contribution in [0.3, 0.4) is 0 Å². The molecule has 3 aromatic heterocycles. The average Bonchev–Trinajstić information content (AvgIpc) is 3.19. The maximum absolute atomic E-state index is 6.12. The van der Waals surface area contributed by atoms with Gasteiger partial charge in [-0.15, -0.1) is 0 Å². The van der Waals surface area contributed by atoms with Gasteiger partial charge in [0.15, 0.2) is 56.8 Å². The Hall–Kier alpha value is -3.96. The first kappa shape index (κ1) is 45.7. The summed E-state index contributed by atoms with van der Waals surface area (Å²) < 4.78 is 6.68. The Morgan fingerprint density at radius 1 is 0.333 bits per heavy atom. The Morgan fingerprint density at radius 2 is 0.526 bits per heavy atom. The fourth-order valence-corrected chi connectivity index (χ4v) is 6.90. The minimum atomic E-state index is 0. The zero-order valence-corrected chi connectivity index (χ0v) is 38.7. The van der Waals surface area contributed by atoms with Crippen LogP contribution in [0.15, 0.2) is 165 Å². The molecule has 7 rings (SSSR count). The summed E-state index contributed by atoms with van der Waals surface area (Å²) in [6.45, 7) is 2.24. The number of anilines is 6. The lowest BCUT2D eigenvalue weighted by Gasteiger charge is -2.19. The van der Waals surface area contributed by atoms with Crippen molar-refractivity contribution in [2.45, 2.75) is 19.6 Å². The molecule has 3 heterocycles. The van der Waals surface area contributed by atoms with Crippen LogP contribution in [0, 0.1) is 0 Å². The lowest BCUT2D eigenvalue weighted by molar-refractivity contribution is -0.690. The second kappa shape index (κ2) is 21.2. The van der Waals surface area contributed by atoms with Gasteiger partial charge in [-0.1, -0.05) is 34.8 Å². The molecule has 0 aliphatic rings. The van der Waals surface area contributed by atoms with Crippen LogP contribution < -0.4 is 79.3 Å². The first-order valence-electron chi connectivity index (χ1n) is 17.7. The molecule has 0 unspecified atom stereocenters. The number of hydrogen-bond acceptors (Lipinski definition) is 3. The molecule has 0 saturated carbocycles. The summed E-state index contributed by atoms with van der Waals surface area (Å²) in [6.07, 6.45) is 12.9. The minimum absolute atomic E-state index is 0. The van der Waals surface area contributed by atoms with Crippen molar-refractivity contribution in [1.29, 1.82) is 0 Å². The minimum Gasteiger partial charge on any atom is -1.00 e. The van der Waals surface area contributed by atoms with Gasteiger partial charge in [-0.05, 0) is 91.0 Å². The third-order valence-corrected chi connectivity index (χ3v) is 10.4. The second-order valence-corrected chi connectivity index (χ2v) is 14.8. The topological polar surface area (TPSA) is 21.4 Å². The smallest absolute Gasteiger partial charge is 0.173 e. The third kappa shape index (κ3) is 12.0. The van der Waals surface area contributed by atoms with E-state index in [1.807, 2.05) is 72.8 Å². The molecule has 0 radical (unpaired) electrons. The molecular formula is C45H42Br3Cl3N6. The monoisotopic (exact) mass is 1010 g/mol. The molecule has 0 saturated heterocycles. The van der Waals surface area contributed by atoms with Crippen LogP contribution in [0.5, 0.6) is 0 Å². The van der Waals surface area contributed by atoms with Crippen molar-refractivity contribution in [1.82, 2.24) is 0 Å².